The quantitative estimate of drug-likeness (QED) is 0.863. The van der Waals surface area contributed by atoms with Crippen LogP contribution in [-0.4, -0.2) is 51.3 Å². The highest BCUT2D eigenvalue weighted by molar-refractivity contribution is 5.77. The molecule has 25 heavy (non-hydrogen) atoms. The van der Waals surface area contributed by atoms with Crippen molar-refractivity contribution >= 4 is 11.6 Å². The number of aromatic nitrogens is 2. The van der Waals surface area contributed by atoms with Gasteiger partial charge in [-0.2, -0.15) is 0 Å². The van der Waals surface area contributed by atoms with Crippen LogP contribution in [0.1, 0.15) is 43.9 Å². The second kappa shape index (κ2) is 6.45. The van der Waals surface area contributed by atoms with Gasteiger partial charge in [-0.25, -0.2) is 4.98 Å². The SMILES string of the molecule is CCN1C[C@@]2(CCCN(Cc3cn4cccc(C)c4n3)C2)CCC1=O. The first-order valence-corrected chi connectivity index (χ1v) is 9.52. The summed E-state index contributed by atoms with van der Waals surface area (Å²) in [7, 11) is 0. The summed E-state index contributed by atoms with van der Waals surface area (Å²) < 4.78 is 2.13. The van der Waals surface area contributed by atoms with Gasteiger partial charge in [0.1, 0.15) is 5.65 Å². The topological polar surface area (TPSA) is 40.9 Å². The number of piperidine rings is 2. The zero-order valence-electron chi connectivity index (χ0n) is 15.4. The van der Waals surface area contributed by atoms with E-state index in [1.54, 1.807) is 0 Å². The van der Waals surface area contributed by atoms with Crippen LogP contribution in [0.2, 0.25) is 0 Å². The van der Waals surface area contributed by atoms with Crippen molar-refractivity contribution in [3.05, 3.63) is 35.8 Å². The van der Waals surface area contributed by atoms with Crippen LogP contribution in [0.3, 0.4) is 0 Å². The molecule has 5 heteroatoms. The third-order valence-electron chi connectivity index (χ3n) is 5.98. The first-order valence-electron chi connectivity index (χ1n) is 9.52. The van der Waals surface area contributed by atoms with E-state index in [4.69, 9.17) is 4.98 Å². The van der Waals surface area contributed by atoms with Crippen LogP contribution in [-0.2, 0) is 11.3 Å². The summed E-state index contributed by atoms with van der Waals surface area (Å²) in [5.41, 5.74) is 3.71. The Morgan fingerprint density at radius 3 is 2.96 bits per heavy atom. The van der Waals surface area contributed by atoms with Gasteiger partial charge < -0.3 is 9.30 Å². The molecule has 2 fully saturated rings. The lowest BCUT2D eigenvalue weighted by molar-refractivity contribution is -0.139. The predicted molar refractivity (Wildman–Crippen MR) is 98.4 cm³/mol. The minimum absolute atomic E-state index is 0.289. The van der Waals surface area contributed by atoms with E-state index in [1.807, 2.05) is 0 Å². The number of hydrogen-bond acceptors (Lipinski definition) is 3. The van der Waals surface area contributed by atoms with Crippen LogP contribution < -0.4 is 0 Å². The largest absolute Gasteiger partial charge is 0.342 e. The molecule has 2 aromatic heterocycles. The van der Waals surface area contributed by atoms with E-state index in [9.17, 15) is 4.79 Å². The fourth-order valence-electron chi connectivity index (χ4n) is 4.68. The number of fused-ring (bicyclic) bond motifs is 1. The molecular weight excluding hydrogens is 312 g/mol. The van der Waals surface area contributed by atoms with Crippen LogP contribution in [0.4, 0.5) is 0 Å². The monoisotopic (exact) mass is 340 g/mol. The number of rotatable bonds is 3. The number of likely N-dealkylation sites (tertiary alicyclic amines) is 2. The Hall–Kier alpha value is -1.88. The van der Waals surface area contributed by atoms with Crippen LogP contribution >= 0.6 is 0 Å². The van der Waals surface area contributed by atoms with E-state index in [0.29, 0.717) is 5.91 Å². The summed E-state index contributed by atoms with van der Waals surface area (Å²) in [5, 5.41) is 0. The van der Waals surface area contributed by atoms with Gasteiger partial charge in [0.25, 0.3) is 0 Å². The van der Waals surface area contributed by atoms with Crippen molar-refractivity contribution in [1.29, 1.82) is 0 Å². The summed E-state index contributed by atoms with van der Waals surface area (Å²) in [6.45, 7) is 9.10. The zero-order valence-corrected chi connectivity index (χ0v) is 15.4. The van der Waals surface area contributed by atoms with Gasteiger partial charge in [-0.3, -0.25) is 9.69 Å². The average molecular weight is 340 g/mol. The van der Waals surface area contributed by atoms with Crippen molar-refractivity contribution in [3.8, 4) is 0 Å². The summed E-state index contributed by atoms with van der Waals surface area (Å²) in [5.74, 6) is 0.334. The molecule has 0 N–H and O–H groups in total. The van der Waals surface area contributed by atoms with Gasteiger partial charge in [0.05, 0.1) is 5.69 Å². The number of nitrogens with zero attached hydrogens (tertiary/aromatic N) is 4. The Labute approximate surface area is 149 Å². The molecule has 0 bridgehead atoms. The predicted octanol–water partition coefficient (Wildman–Crippen LogP) is 2.87. The Balaban J connectivity index is 1.49. The normalized spacial score (nSPS) is 25.2. The summed E-state index contributed by atoms with van der Waals surface area (Å²) in [6, 6.07) is 4.18. The van der Waals surface area contributed by atoms with Crippen molar-refractivity contribution in [2.75, 3.05) is 26.2 Å². The summed E-state index contributed by atoms with van der Waals surface area (Å²) in [4.78, 5) is 21.5. The Bertz CT molecular complexity index is 783. The smallest absolute Gasteiger partial charge is 0.222 e. The van der Waals surface area contributed by atoms with Crippen molar-refractivity contribution in [2.24, 2.45) is 5.41 Å². The van der Waals surface area contributed by atoms with Crippen molar-refractivity contribution in [3.63, 3.8) is 0 Å². The number of hydrogen-bond donors (Lipinski definition) is 0. The maximum atomic E-state index is 12.1. The second-order valence-corrected chi connectivity index (χ2v) is 7.88. The maximum Gasteiger partial charge on any atom is 0.222 e. The molecule has 1 spiro atoms. The summed E-state index contributed by atoms with van der Waals surface area (Å²) >= 11 is 0. The van der Waals surface area contributed by atoms with Gasteiger partial charge >= 0.3 is 0 Å². The lowest BCUT2D eigenvalue weighted by Gasteiger charge is -2.48. The van der Waals surface area contributed by atoms with Crippen molar-refractivity contribution in [1.82, 2.24) is 19.2 Å². The first kappa shape index (κ1) is 16.6. The lowest BCUT2D eigenvalue weighted by atomic mass is 9.73. The Morgan fingerprint density at radius 1 is 1.28 bits per heavy atom. The van der Waals surface area contributed by atoms with Gasteiger partial charge in [0.2, 0.25) is 5.91 Å². The molecule has 4 heterocycles. The average Bonchev–Trinajstić information content (AvgIpc) is 3.01. The molecule has 134 valence electrons. The standard InChI is InChI=1S/C20H28N4O/c1-3-23-15-20(9-7-18(23)25)8-5-10-22(14-20)12-17-13-24-11-4-6-16(2)19(24)21-17/h4,6,11,13H,3,5,7-10,12,14-15H2,1-2H3/t20-/m0/s1. The van der Waals surface area contributed by atoms with E-state index in [0.717, 1.165) is 56.9 Å². The third kappa shape index (κ3) is 3.17. The Morgan fingerprint density at radius 2 is 2.16 bits per heavy atom. The highest BCUT2D eigenvalue weighted by Crippen LogP contribution is 2.39. The highest BCUT2D eigenvalue weighted by Gasteiger charge is 2.41. The molecule has 0 aromatic carbocycles. The molecule has 5 nitrogen and oxygen atoms in total. The van der Waals surface area contributed by atoms with E-state index in [2.05, 4.69) is 52.6 Å². The van der Waals surface area contributed by atoms with Gasteiger partial charge in [0.15, 0.2) is 0 Å². The molecule has 2 aliphatic heterocycles. The molecule has 0 radical (unpaired) electrons. The van der Waals surface area contributed by atoms with E-state index >= 15 is 0 Å². The molecule has 2 aromatic rings. The number of aryl methyl sites for hydroxylation is 1. The number of carbonyl (C=O) groups excluding carboxylic acids is 1. The summed E-state index contributed by atoms with van der Waals surface area (Å²) in [6.07, 6.45) is 8.46. The van der Waals surface area contributed by atoms with Gasteiger partial charge in [-0.15, -0.1) is 0 Å². The molecule has 2 saturated heterocycles. The van der Waals surface area contributed by atoms with E-state index < -0.39 is 0 Å². The van der Waals surface area contributed by atoms with Crippen LogP contribution in [0.25, 0.3) is 5.65 Å². The fraction of sp³-hybridized carbons (Fsp3) is 0.600. The molecule has 0 aliphatic carbocycles. The second-order valence-electron chi connectivity index (χ2n) is 7.88. The van der Waals surface area contributed by atoms with Crippen LogP contribution in [0.5, 0.6) is 0 Å². The number of imidazole rings is 1. The highest BCUT2D eigenvalue weighted by atomic mass is 16.2. The molecule has 0 saturated carbocycles. The van der Waals surface area contributed by atoms with Crippen molar-refractivity contribution in [2.45, 2.75) is 46.1 Å². The maximum absolute atomic E-state index is 12.1. The number of carbonyl (C=O) groups is 1. The van der Waals surface area contributed by atoms with Crippen molar-refractivity contribution < 1.29 is 4.79 Å². The van der Waals surface area contributed by atoms with Crippen LogP contribution in [0.15, 0.2) is 24.5 Å². The van der Waals surface area contributed by atoms with Gasteiger partial charge in [0, 0.05) is 50.4 Å². The number of amides is 1. The number of pyridine rings is 1. The van der Waals surface area contributed by atoms with Crippen LogP contribution in [0, 0.1) is 12.3 Å². The fourth-order valence-corrected chi connectivity index (χ4v) is 4.68. The molecule has 2 aliphatic rings. The molecular formula is C20H28N4O. The molecule has 0 unspecified atom stereocenters. The zero-order chi connectivity index (χ0) is 17.4. The Kier molecular flexibility index (Phi) is 4.28. The minimum Gasteiger partial charge on any atom is -0.342 e. The lowest BCUT2D eigenvalue weighted by Crippen LogP contribution is -2.53. The molecule has 1 atom stereocenters. The van der Waals surface area contributed by atoms with Gasteiger partial charge in [-0.05, 0) is 51.3 Å². The minimum atomic E-state index is 0.289. The van der Waals surface area contributed by atoms with Gasteiger partial charge in [-0.1, -0.05) is 6.07 Å². The molecule has 4 rings (SSSR count). The molecule has 1 amide bonds. The van der Waals surface area contributed by atoms with E-state index in [-0.39, 0.29) is 5.41 Å². The first-order chi connectivity index (χ1) is 12.1. The van der Waals surface area contributed by atoms with E-state index in [1.165, 1.54) is 18.4 Å². The third-order valence-corrected chi connectivity index (χ3v) is 5.98.